The highest BCUT2D eigenvalue weighted by Gasteiger charge is 2.05. The van der Waals surface area contributed by atoms with Gasteiger partial charge in [-0.3, -0.25) is 0 Å². The van der Waals surface area contributed by atoms with Crippen LogP contribution in [0.4, 0.5) is 0 Å². The van der Waals surface area contributed by atoms with Gasteiger partial charge in [-0.25, -0.2) is 14.7 Å². The molecule has 2 rings (SSSR count). The lowest BCUT2D eigenvalue weighted by Gasteiger charge is -2.16. The monoisotopic (exact) mass is 328 g/mol. The lowest BCUT2D eigenvalue weighted by Crippen LogP contribution is -2.39. The van der Waals surface area contributed by atoms with Crippen LogP contribution >= 0.6 is 0 Å². The number of aromatic nitrogens is 3. The highest BCUT2D eigenvalue weighted by Crippen LogP contribution is 2.09. The molecule has 0 unspecified atom stereocenters. The Morgan fingerprint density at radius 3 is 2.46 bits per heavy atom. The van der Waals surface area contributed by atoms with Gasteiger partial charge >= 0.3 is 0 Å². The number of nitrogens with one attached hydrogen (secondary N) is 2. The summed E-state index contributed by atoms with van der Waals surface area (Å²) in [4.78, 5) is 8.64. The second kappa shape index (κ2) is 9.70. The van der Waals surface area contributed by atoms with Crippen molar-refractivity contribution in [2.24, 2.45) is 10.9 Å². The molecule has 1 aromatic heterocycles. The Balaban J connectivity index is 1.95. The van der Waals surface area contributed by atoms with Crippen LogP contribution < -0.4 is 10.6 Å². The van der Waals surface area contributed by atoms with Crippen LogP contribution in [0.1, 0.15) is 39.2 Å². The van der Waals surface area contributed by atoms with Crippen LogP contribution in [0.2, 0.25) is 0 Å². The van der Waals surface area contributed by atoms with E-state index in [1.807, 2.05) is 12.1 Å². The SMILES string of the molecule is CCNC(=NCc1ccc(-n2cncn2)cc1)NCC(CC)CC. The minimum Gasteiger partial charge on any atom is -0.357 e. The van der Waals surface area contributed by atoms with Crippen LogP contribution in [0.5, 0.6) is 0 Å². The molecule has 1 heterocycles. The second-order valence-electron chi connectivity index (χ2n) is 5.77. The highest BCUT2D eigenvalue weighted by molar-refractivity contribution is 5.79. The Bertz CT molecular complexity index is 599. The van der Waals surface area contributed by atoms with Crippen LogP contribution in [-0.2, 0) is 6.54 Å². The van der Waals surface area contributed by atoms with E-state index in [-0.39, 0.29) is 0 Å². The normalized spacial score (nSPS) is 11.8. The summed E-state index contributed by atoms with van der Waals surface area (Å²) in [7, 11) is 0. The molecule has 130 valence electrons. The van der Waals surface area contributed by atoms with Gasteiger partial charge in [-0.1, -0.05) is 38.8 Å². The fourth-order valence-electron chi connectivity index (χ4n) is 2.43. The number of benzene rings is 1. The van der Waals surface area contributed by atoms with Crippen LogP contribution in [0.3, 0.4) is 0 Å². The standard InChI is InChI=1S/C18H28N6/c1-4-15(5-2)11-21-18(20-6-3)22-12-16-7-9-17(10-8-16)24-14-19-13-23-24/h7-10,13-15H,4-6,11-12H2,1-3H3,(H2,20,21,22). The first kappa shape index (κ1) is 18.0. The first-order valence-electron chi connectivity index (χ1n) is 8.72. The molecule has 0 bridgehead atoms. The first-order chi connectivity index (χ1) is 11.8. The highest BCUT2D eigenvalue weighted by atomic mass is 15.3. The summed E-state index contributed by atoms with van der Waals surface area (Å²) in [5.41, 5.74) is 2.16. The third-order valence-corrected chi connectivity index (χ3v) is 4.10. The van der Waals surface area contributed by atoms with Crippen molar-refractivity contribution in [3.63, 3.8) is 0 Å². The predicted molar refractivity (Wildman–Crippen MR) is 98.2 cm³/mol. The molecule has 2 aromatic rings. The molecule has 24 heavy (non-hydrogen) atoms. The molecule has 0 spiro atoms. The zero-order valence-electron chi connectivity index (χ0n) is 14.9. The average molecular weight is 328 g/mol. The molecule has 0 atom stereocenters. The van der Waals surface area contributed by atoms with E-state index in [1.54, 1.807) is 11.0 Å². The molecule has 0 aliphatic rings. The van der Waals surface area contributed by atoms with E-state index < -0.39 is 0 Å². The zero-order chi connectivity index (χ0) is 17.2. The van der Waals surface area contributed by atoms with Gasteiger partial charge in [0.15, 0.2) is 5.96 Å². The van der Waals surface area contributed by atoms with Crippen molar-refractivity contribution in [1.82, 2.24) is 25.4 Å². The summed E-state index contributed by atoms with van der Waals surface area (Å²) < 4.78 is 1.74. The van der Waals surface area contributed by atoms with Gasteiger partial charge in [0.1, 0.15) is 12.7 Å². The molecule has 6 heteroatoms. The largest absolute Gasteiger partial charge is 0.357 e. The van der Waals surface area contributed by atoms with Crippen molar-refractivity contribution in [3.8, 4) is 5.69 Å². The van der Waals surface area contributed by atoms with E-state index >= 15 is 0 Å². The van der Waals surface area contributed by atoms with E-state index in [1.165, 1.54) is 24.7 Å². The van der Waals surface area contributed by atoms with Gasteiger partial charge in [0, 0.05) is 13.1 Å². The van der Waals surface area contributed by atoms with E-state index in [9.17, 15) is 0 Å². The number of hydrogen-bond donors (Lipinski definition) is 2. The molecule has 0 aliphatic carbocycles. The lowest BCUT2D eigenvalue weighted by atomic mass is 10.0. The Kier molecular flexibility index (Phi) is 7.26. The number of nitrogens with zero attached hydrogens (tertiary/aromatic N) is 4. The maximum absolute atomic E-state index is 4.68. The Hall–Kier alpha value is -2.37. The molecule has 6 nitrogen and oxygen atoms in total. The van der Waals surface area contributed by atoms with Crippen molar-refractivity contribution in [2.75, 3.05) is 13.1 Å². The summed E-state index contributed by atoms with van der Waals surface area (Å²) in [6.45, 7) is 9.02. The molecule has 2 N–H and O–H groups in total. The molecular formula is C18H28N6. The summed E-state index contributed by atoms with van der Waals surface area (Å²) in [6, 6.07) is 8.21. The van der Waals surface area contributed by atoms with Crippen LogP contribution in [-0.4, -0.2) is 33.8 Å². The van der Waals surface area contributed by atoms with Crippen LogP contribution in [0, 0.1) is 5.92 Å². The molecule has 0 aliphatic heterocycles. The minimum atomic E-state index is 0.649. The maximum Gasteiger partial charge on any atom is 0.191 e. The van der Waals surface area contributed by atoms with E-state index in [2.05, 4.69) is 58.6 Å². The lowest BCUT2D eigenvalue weighted by molar-refractivity contribution is 0.481. The van der Waals surface area contributed by atoms with Gasteiger partial charge in [-0.05, 0) is 30.5 Å². The minimum absolute atomic E-state index is 0.649. The summed E-state index contributed by atoms with van der Waals surface area (Å²) in [5, 5.41) is 10.9. The molecule has 0 saturated heterocycles. The van der Waals surface area contributed by atoms with E-state index in [0.29, 0.717) is 12.5 Å². The first-order valence-corrected chi connectivity index (χ1v) is 8.72. The fourth-order valence-corrected chi connectivity index (χ4v) is 2.43. The van der Waals surface area contributed by atoms with E-state index in [4.69, 9.17) is 0 Å². The van der Waals surface area contributed by atoms with Crippen molar-refractivity contribution in [1.29, 1.82) is 0 Å². The van der Waals surface area contributed by atoms with Crippen molar-refractivity contribution in [3.05, 3.63) is 42.5 Å². The Morgan fingerprint density at radius 2 is 1.88 bits per heavy atom. The van der Waals surface area contributed by atoms with Gasteiger partial charge in [0.05, 0.1) is 12.2 Å². The second-order valence-corrected chi connectivity index (χ2v) is 5.77. The maximum atomic E-state index is 4.68. The quantitative estimate of drug-likeness (QED) is 0.577. The number of aliphatic imine (C=N–C) groups is 1. The summed E-state index contributed by atoms with van der Waals surface area (Å²) >= 11 is 0. The Morgan fingerprint density at radius 1 is 1.12 bits per heavy atom. The molecule has 0 radical (unpaired) electrons. The number of guanidine groups is 1. The van der Waals surface area contributed by atoms with Crippen molar-refractivity contribution >= 4 is 5.96 Å². The molecule has 0 fully saturated rings. The van der Waals surface area contributed by atoms with Crippen molar-refractivity contribution in [2.45, 2.75) is 40.2 Å². The molecular weight excluding hydrogens is 300 g/mol. The van der Waals surface area contributed by atoms with Gasteiger partial charge in [-0.2, -0.15) is 5.10 Å². The van der Waals surface area contributed by atoms with Gasteiger partial charge < -0.3 is 10.6 Å². The topological polar surface area (TPSA) is 67.1 Å². The average Bonchev–Trinajstić information content (AvgIpc) is 3.15. The Labute approximate surface area is 144 Å². The molecule has 1 aromatic carbocycles. The van der Waals surface area contributed by atoms with Gasteiger partial charge in [-0.15, -0.1) is 0 Å². The van der Waals surface area contributed by atoms with Crippen LogP contribution in [0.25, 0.3) is 5.69 Å². The summed E-state index contributed by atoms with van der Waals surface area (Å²) in [6.07, 6.45) is 5.60. The third kappa shape index (κ3) is 5.37. The van der Waals surface area contributed by atoms with Gasteiger partial charge in [0.2, 0.25) is 0 Å². The molecule has 0 amide bonds. The number of rotatable bonds is 8. The van der Waals surface area contributed by atoms with E-state index in [0.717, 1.165) is 24.7 Å². The van der Waals surface area contributed by atoms with Crippen molar-refractivity contribution < 1.29 is 0 Å². The smallest absolute Gasteiger partial charge is 0.191 e. The van der Waals surface area contributed by atoms with Gasteiger partial charge in [0.25, 0.3) is 0 Å². The zero-order valence-corrected chi connectivity index (χ0v) is 14.9. The summed E-state index contributed by atoms with van der Waals surface area (Å²) in [5.74, 6) is 1.57. The fraction of sp³-hybridized carbons (Fsp3) is 0.500. The van der Waals surface area contributed by atoms with Crippen LogP contribution in [0.15, 0.2) is 41.9 Å². The number of hydrogen-bond acceptors (Lipinski definition) is 3. The molecule has 0 saturated carbocycles. The third-order valence-electron chi connectivity index (χ3n) is 4.10. The predicted octanol–water partition coefficient (Wildman–Crippen LogP) is 2.76.